The molecule has 9 nitrogen and oxygen atoms in total. The summed E-state index contributed by atoms with van der Waals surface area (Å²) in [5.74, 6) is -0.721. The molecule has 0 bridgehead atoms. The Morgan fingerprint density at radius 3 is 2.12 bits per heavy atom. The van der Waals surface area contributed by atoms with Gasteiger partial charge >= 0.3 is 12.0 Å². The van der Waals surface area contributed by atoms with Gasteiger partial charge in [0.05, 0.1) is 5.56 Å². The summed E-state index contributed by atoms with van der Waals surface area (Å²) in [6.45, 7) is 0. The minimum absolute atomic E-state index is 0.0268. The van der Waals surface area contributed by atoms with E-state index in [-0.39, 0.29) is 6.01 Å². The summed E-state index contributed by atoms with van der Waals surface area (Å²) in [5.41, 5.74) is 2.54. The van der Waals surface area contributed by atoms with E-state index in [0.29, 0.717) is 34.0 Å². The number of anilines is 2. The van der Waals surface area contributed by atoms with E-state index >= 15 is 0 Å². The van der Waals surface area contributed by atoms with Gasteiger partial charge in [0.1, 0.15) is 5.75 Å². The molecule has 0 fully saturated rings. The first-order chi connectivity index (χ1) is 19.5. The normalized spacial score (nSPS) is 10.7. The van der Waals surface area contributed by atoms with E-state index in [1.807, 2.05) is 36.4 Å². The third kappa shape index (κ3) is 6.53. The molecule has 5 rings (SSSR count). The van der Waals surface area contributed by atoms with Gasteiger partial charge in [-0.05, 0) is 60.7 Å². The number of nitrogens with zero attached hydrogens (tertiary/aromatic N) is 2. The van der Waals surface area contributed by atoms with Gasteiger partial charge in [-0.1, -0.05) is 59.7 Å². The molecule has 0 atom stereocenters. The number of carbonyl (C=O) groups excluding carboxylic acids is 3. The topological polar surface area (TPSA) is 123 Å². The van der Waals surface area contributed by atoms with E-state index in [0.717, 1.165) is 5.56 Å². The molecule has 0 aliphatic carbocycles. The van der Waals surface area contributed by atoms with Gasteiger partial charge in [0.2, 0.25) is 11.8 Å². The van der Waals surface area contributed by atoms with Gasteiger partial charge in [-0.3, -0.25) is 14.9 Å². The molecule has 2 N–H and O–H groups in total. The van der Waals surface area contributed by atoms with Gasteiger partial charge in [-0.15, -0.1) is 5.10 Å². The first-order valence-electron chi connectivity index (χ1n) is 12.2. The molecule has 1 heterocycles. The molecule has 0 saturated heterocycles. The second kappa shape index (κ2) is 12.1. The maximum absolute atomic E-state index is 12.6. The number of aromatic nitrogens is 2. The first-order valence-corrected chi connectivity index (χ1v) is 12.2. The number of hydrogen-bond acceptors (Lipinski definition) is 7. The molecule has 0 saturated carbocycles. The zero-order chi connectivity index (χ0) is 27.7. The van der Waals surface area contributed by atoms with E-state index in [9.17, 15) is 14.4 Å². The highest BCUT2D eigenvalue weighted by molar-refractivity contribution is 6.05. The van der Waals surface area contributed by atoms with E-state index in [1.165, 1.54) is 6.08 Å². The second-order valence-corrected chi connectivity index (χ2v) is 8.43. The quantitative estimate of drug-likeness (QED) is 0.146. The molecule has 0 aliphatic rings. The van der Waals surface area contributed by atoms with Crippen LogP contribution in [0.5, 0.6) is 5.75 Å². The monoisotopic (exact) mass is 530 g/mol. The van der Waals surface area contributed by atoms with Crippen LogP contribution in [0.1, 0.15) is 26.3 Å². The first kappa shape index (κ1) is 25.8. The number of nitrogens with one attached hydrogen (secondary N) is 2. The molecule has 0 spiro atoms. The summed E-state index contributed by atoms with van der Waals surface area (Å²) >= 11 is 0. The van der Waals surface area contributed by atoms with Crippen LogP contribution in [-0.4, -0.2) is 28.0 Å². The van der Waals surface area contributed by atoms with Crippen molar-refractivity contribution >= 4 is 35.6 Å². The molecule has 2 amide bonds. The van der Waals surface area contributed by atoms with Crippen molar-refractivity contribution in [1.82, 2.24) is 10.2 Å². The lowest BCUT2D eigenvalue weighted by molar-refractivity contribution is -0.111. The molecular formula is C31H22N4O5. The third-order valence-corrected chi connectivity index (χ3v) is 5.63. The summed E-state index contributed by atoms with van der Waals surface area (Å²) in [7, 11) is 0. The van der Waals surface area contributed by atoms with E-state index < -0.39 is 17.8 Å². The van der Waals surface area contributed by atoms with Crippen LogP contribution in [0.4, 0.5) is 11.7 Å². The van der Waals surface area contributed by atoms with Crippen molar-refractivity contribution in [1.29, 1.82) is 0 Å². The highest BCUT2D eigenvalue weighted by Crippen LogP contribution is 2.22. The minimum atomic E-state index is -0.495. The minimum Gasteiger partial charge on any atom is -0.422 e. The van der Waals surface area contributed by atoms with Gasteiger partial charge in [0, 0.05) is 28.5 Å². The highest BCUT2D eigenvalue weighted by atomic mass is 16.5. The Kier molecular flexibility index (Phi) is 7.83. The van der Waals surface area contributed by atoms with Crippen molar-refractivity contribution in [3.05, 3.63) is 132 Å². The molecule has 0 radical (unpaired) electrons. The average Bonchev–Trinajstić information content (AvgIpc) is 3.46. The van der Waals surface area contributed by atoms with Crippen molar-refractivity contribution in [2.45, 2.75) is 0 Å². The number of benzene rings is 4. The summed E-state index contributed by atoms with van der Waals surface area (Å²) in [6, 6.07) is 31.0. The lowest BCUT2D eigenvalue weighted by atomic mass is 10.1. The second-order valence-electron chi connectivity index (χ2n) is 8.43. The fourth-order valence-corrected chi connectivity index (χ4v) is 3.64. The number of para-hydroxylation sites is 1. The largest absolute Gasteiger partial charge is 0.422 e. The predicted molar refractivity (Wildman–Crippen MR) is 150 cm³/mol. The molecule has 5 aromatic rings. The molecular weight excluding hydrogens is 508 g/mol. The fraction of sp³-hybridized carbons (Fsp3) is 0. The lowest BCUT2D eigenvalue weighted by Gasteiger charge is -2.07. The van der Waals surface area contributed by atoms with Crippen LogP contribution in [-0.2, 0) is 4.79 Å². The Morgan fingerprint density at radius 1 is 0.700 bits per heavy atom. The summed E-state index contributed by atoms with van der Waals surface area (Å²) in [4.78, 5) is 37.5. The van der Waals surface area contributed by atoms with Crippen LogP contribution in [0.15, 0.2) is 120 Å². The van der Waals surface area contributed by atoms with Crippen LogP contribution in [0.25, 0.3) is 17.5 Å². The van der Waals surface area contributed by atoms with Crippen LogP contribution in [0.3, 0.4) is 0 Å². The van der Waals surface area contributed by atoms with E-state index in [4.69, 9.17) is 9.15 Å². The Bertz CT molecular complexity index is 1660. The van der Waals surface area contributed by atoms with Crippen LogP contribution in [0.2, 0.25) is 0 Å². The Labute approximate surface area is 229 Å². The van der Waals surface area contributed by atoms with E-state index in [2.05, 4.69) is 20.8 Å². The molecule has 1 aromatic heterocycles. The number of hydrogen-bond donors (Lipinski definition) is 2. The molecule has 0 aliphatic heterocycles. The van der Waals surface area contributed by atoms with Crippen LogP contribution >= 0.6 is 0 Å². The molecule has 196 valence electrons. The van der Waals surface area contributed by atoms with Crippen molar-refractivity contribution in [2.75, 3.05) is 10.6 Å². The number of amides is 2. The zero-order valence-corrected chi connectivity index (χ0v) is 21.0. The molecule has 40 heavy (non-hydrogen) atoms. The SMILES string of the molecule is O=C(/C=C/c1ccccc1OC(=O)c1ccccc1)Nc1ccc(C(=O)Nc2nnc(-c3ccccc3)o2)cc1. The number of carbonyl (C=O) groups is 3. The van der Waals surface area contributed by atoms with Gasteiger partial charge in [-0.2, -0.15) is 0 Å². The lowest BCUT2D eigenvalue weighted by Crippen LogP contribution is -2.13. The van der Waals surface area contributed by atoms with Gasteiger partial charge in [0.15, 0.2) is 0 Å². The summed E-state index contributed by atoms with van der Waals surface area (Å²) in [6.07, 6.45) is 2.88. The summed E-state index contributed by atoms with van der Waals surface area (Å²) < 4.78 is 11.0. The summed E-state index contributed by atoms with van der Waals surface area (Å²) in [5, 5.41) is 13.1. The zero-order valence-electron chi connectivity index (χ0n) is 21.0. The van der Waals surface area contributed by atoms with Crippen LogP contribution in [0, 0.1) is 0 Å². The maximum Gasteiger partial charge on any atom is 0.343 e. The molecule has 9 heteroatoms. The number of esters is 1. The van der Waals surface area contributed by atoms with Gasteiger partial charge in [0.25, 0.3) is 5.91 Å². The highest BCUT2D eigenvalue weighted by Gasteiger charge is 2.13. The smallest absolute Gasteiger partial charge is 0.343 e. The van der Waals surface area contributed by atoms with Crippen molar-refractivity contribution in [2.24, 2.45) is 0 Å². The fourth-order valence-electron chi connectivity index (χ4n) is 3.64. The van der Waals surface area contributed by atoms with Crippen LogP contribution < -0.4 is 15.4 Å². The van der Waals surface area contributed by atoms with Crippen molar-refractivity contribution in [3.63, 3.8) is 0 Å². The Hall–Kier alpha value is -5.83. The number of rotatable bonds is 8. The molecule has 0 unspecified atom stereocenters. The Balaban J connectivity index is 1.17. The van der Waals surface area contributed by atoms with Crippen molar-refractivity contribution in [3.8, 4) is 17.2 Å². The van der Waals surface area contributed by atoms with Crippen molar-refractivity contribution < 1.29 is 23.5 Å². The maximum atomic E-state index is 12.6. The third-order valence-electron chi connectivity index (χ3n) is 5.63. The standard InChI is InChI=1S/C31H22N4O5/c36-27(20-17-21-9-7-8-14-26(21)39-30(38)24-12-5-2-6-13-24)32-25-18-15-22(16-19-25)28(37)33-31-35-34-29(40-31)23-10-3-1-4-11-23/h1-20H,(H,32,36)(H,33,35,37)/b20-17+. The average molecular weight is 531 g/mol. The molecule has 4 aromatic carbocycles. The predicted octanol–water partition coefficient (Wildman–Crippen LogP) is 5.86. The number of ether oxygens (including phenoxy) is 1. The van der Waals surface area contributed by atoms with Gasteiger partial charge in [-0.25, -0.2) is 4.79 Å². The van der Waals surface area contributed by atoms with E-state index in [1.54, 1.807) is 78.9 Å². The van der Waals surface area contributed by atoms with Gasteiger partial charge < -0.3 is 14.5 Å². The Morgan fingerprint density at radius 2 is 1.38 bits per heavy atom.